The summed E-state index contributed by atoms with van der Waals surface area (Å²) < 4.78 is 6.28. The smallest absolute Gasteiger partial charge is 0.262 e. The molecular weight excluding hydrogens is 456 g/mol. The van der Waals surface area contributed by atoms with Gasteiger partial charge >= 0.3 is 0 Å². The van der Waals surface area contributed by atoms with Crippen molar-refractivity contribution in [1.82, 2.24) is 0 Å². The van der Waals surface area contributed by atoms with Crippen LogP contribution < -0.4 is 15.4 Å². The van der Waals surface area contributed by atoms with E-state index in [9.17, 15) is 9.59 Å². The van der Waals surface area contributed by atoms with Gasteiger partial charge in [0.25, 0.3) is 5.91 Å². The second kappa shape index (κ2) is 10.1. The van der Waals surface area contributed by atoms with Crippen molar-refractivity contribution in [3.05, 3.63) is 87.9 Å². The monoisotopic (exact) mass is 472 g/mol. The fraction of sp³-hybridized carbons (Fsp3) is 0.0909. The largest absolute Gasteiger partial charge is 0.482 e. The topological polar surface area (TPSA) is 67.4 Å². The highest BCUT2D eigenvalue weighted by Crippen LogP contribution is 2.27. The molecule has 3 aromatic carbocycles. The fourth-order valence-corrected chi connectivity index (χ4v) is 3.32. The number of anilines is 2. The number of ether oxygens (including phenoxy) is 1. The van der Waals surface area contributed by atoms with Gasteiger partial charge in [0.2, 0.25) is 5.91 Å². The molecule has 0 fully saturated rings. The first-order chi connectivity index (χ1) is 14.0. The van der Waals surface area contributed by atoms with E-state index in [1.165, 1.54) is 0 Å². The summed E-state index contributed by atoms with van der Waals surface area (Å²) in [6.45, 7) is -0.189. The number of hydrogen-bond donors (Lipinski definition) is 2. The number of carbonyl (C=O) groups excluding carboxylic acids is 2. The second-order valence-corrected chi connectivity index (χ2v) is 7.53. The summed E-state index contributed by atoms with van der Waals surface area (Å²) in [4.78, 5) is 24.4. The number of rotatable bonds is 7. The molecule has 0 spiro atoms. The van der Waals surface area contributed by atoms with Gasteiger partial charge in [-0.1, -0.05) is 63.9 Å². The predicted molar refractivity (Wildman–Crippen MR) is 118 cm³/mol. The Labute approximate surface area is 182 Å². The van der Waals surface area contributed by atoms with Crippen molar-refractivity contribution < 1.29 is 14.3 Å². The van der Waals surface area contributed by atoms with Gasteiger partial charge in [0, 0.05) is 15.8 Å². The first kappa shape index (κ1) is 20.9. The average Bonchev–Trinajstić information content (AvgIpc) is 2.68. The third kappa shape index (κ3) is 6.62. The third-order valence-electron chi connectivity index (χ3n) is 3.89. The van der Waals surface area contributed by atoms with Crippen LogP contribution in [0.3, 0.4) is 0 Å². The molecule has 0 bridgehead atoms. The third-order valence-corrected chi connectivity index (χ3v) is 4.68. The van der Waals surface area contributed by atoms with Gasteiger partial charge in [-0.05, 0) is 42.0 Å². The molecule has 0 saturated carbocycles. The zero-order valence-corrected chi connectivity index (χ0v) is 17.7. The SMILES string of the molecule is O=C(COc1ccc(Br)cc1Cl)Nc1cccc(NC(=O)Cc2ccccc2)c1. The highest BCUT2D eigenvalue weighted by Gasteiger charge is 2.08. The predicted octanol–water partition coefficient (Wildman–Crippen LogP) is 5.30. The number of halogens is 2. The summed E-state index contributed by atoms with van der Waals surface area (Å²) in [7, 11) is 0. The maximum absolute atomic E-state index is 12.2. The van der Waals surface area contributed by atoms with Gasteiger partial charge in [0.15, 0.2) is 6.61 Å². The Balaban J connectivity index is 1.53. The lowest BCUT2D eigenvalue weighted by Gasteiger charge is -2.10. The van der Waals surface area contributed by atoms with Crippen molar-refractivity contribution in [2.24, 2.45) is 0 Å². The zero-order valence-electron chi connectivity index (χ0n) is 15.3. The highest BCUT2D eigenvalue weighted by molar-refractivity contribution is 9.10. The van der Waals surface area contributed by atoms with Crippen LogP contribution in [0.5, 0.6) is 5.75 Å². The van der Waals surface area contributed by atoms with E-state index >= 15 is 0 Å². The van der Waals surface area contributed by atoms with E-state index in [0.717, 1.165) is 10.0 Å². The lowest BCUT2D eigenvalue weighted by atomic mass is 10.1. The molecule has 0 radical (unpaired) electrons. The Morgan fingerprint density at radius 1 is 0.862 bits per heavy atom. The fourth-order valence-electron chi connectivity index (χ4n) is 2.59. The van der Waals surface area contributed by atoms with E-state index in [4.69, 9.17) is 16.3 Å². The number of carbonyl (C=O) groups is 2. The van der Waals surface area contributed by atoms with Crippen LogP contribution in [-0.2, 0) is 16.0 Å². The molecule has 0 aliphatic rings. The molecule has 0 heterocycles. The summed E-state index contributed by atoms with van der Waals surface area (Å²) >= 11 is 9.39. The molecule has 3 rings (SSSR count). The van der Waals surface area contributed by atoms with Crippen LogP contribution >= 0.6 is 27.5 Å². The summed E-state index contributed by atoms with van der Waals surface area (Å²) in [5.41, 5.74) is 2.08. The molecule has 0 atom stereocenters. The van der Waals surface area contributed by atoms with Gasteiger partial charge in [0.05, 0.1) is 11.4 Å². The molecule has 0 aromatic heterocycles. The normalized spacial score (nSPS) is 10.3. The van der Waals surface area contributed by atoms with Gasteiger partial charge in [-0.25, -0.2) is 0 Å². The number of amides is 2. The molecule has 0 aliphatic heterocycles. The highest BCUT2D eigenvalue weighted by atomic mass is 79.9. The Bertz CT molecular complexity index is 1010. The van der Waals surface area contributed by atoms with Crippen LogP contribution in [-0.4, -0.2) is 18.4 Å². The maximum atomic E-state index is 12.2. The minimum Gasteiger partial charge on any atom is -0.482 e. The van der Waals surface area contributed by atoms with Crippen molar-refractivity contribution in [3.63, 3.8) is 0 Å². The molecule has 5 nitrogen and oxygen atoms in total. The molecule has 2 N–H and O–H groups in total. The van der Waals surface area contributed by atoms with Gasteiger partial charge in [-0.2, -0.15) is 0 Å². The summed E-state index contributed by atoms with van der Waals surface area (Å²) in [5.74, 6) is -0.0448. The quantitative estimate of drug-likeness (QED) is 0.489. The summed E-state index contributed by atoms with van der Waals surface area (Å²) in [6, 6.07) is 21.6. The average molecular weight is 474 g/mol. The lowest BCUT2D eigenvalue weighted by molar-refractivity contribution is -0.118. The van der Waals surface area contributed by atoms with Crippen molar-refractivity contribution in [1.29, 1.82) is 0 Å². The van der Waals surface area contributed by atoms with Crippen molar-refractivity contribution in [2.45, 2.75) is 6.42 Å². The van der Waals surface area contributed by atoms with Crippen molar-refractivity contribution in [2.75, 3.05) is 17.2 Å². The van der Waals surface area contributed by atoms with Gasteiger partial charge in [-0.3, -0.25) is 9.59 Å². The zero-order chi connectivity index (χ0) is 20.6. The Kier molecular flexibility index (Phi) is 7.27. The van der Waals surface area contributed by atoms with Crippen LogP contribution in [0.4, 0.5) is 11.4 Å². The minimum atomic E-state index is -0.336. The van der Waals surface area contributed by atoms with Crippen LogP contribution in [0.25, 0.3) is 0 Å². The van der Waals surface area contributed by atoms with Crippen LogP contribution in [0, 0.1) is 0 Å². The molecule has 7 heteroatoms. The summed E-state index contributed by atoms with van der Waals surface area (Å²) in [6.07, 6.45) is 0.277. The first-order valence-electron chi connectivity index (χ1n) is 8.81. The molecule has 0 saturated heterocycles. The van der Waals surface area contributed by atoms with Crippen molar-refractivity contribution in [3.8, 4) is 5.75 Å². The minimum absolute atomic E-state index is 0.132. The molecule has 148 valence electrons. The maximum Gasteiger partial charge on any atom is 0.262 e. The molecule has 0 unspecified atom stereocenters. The molecular formula is C22H18BrClN2O3. The van der Waals surface area contributed by atoms with E-state index in [1.807, 2.05) is 30.3 Å². The second-order valence-electron chi connectivity index (χ2n) is 6.20. The molecule has 29 heavy (non-hydrogen) atoms. The Morgan fingerprint density at radius 3 is 2.24 bits per heavy atom. The van der Waals surface area contributed by atoms with E-state index in [-0.39, 0.29) is 24.8 Å². The van der Waals surface area contributed by atoms with E-state index in [0.29, 0.717) is 22.1 Å². The number of benzene rings is 3. The van der Waals surface area contributed by atoms with Crippen LogP contribution in [0.15, 0.2) is 77.3 Å². The van der Waals surface area contributed by atoms with E-state index in [1.54, 1.807) is 42.5 Å². The Hall–Kier alpha value is -2.83. The first-order valence-corrected chi connectivity index (χ1v) is 9.98. The van der Waals surface area contributed by atoms with Gasteiger partial charge in [0.1, 0.15) is 5.75 Å². The standard InChI is InChI=1S/C22H18BrClN2O3/c23-16-9-10-20(19(24)12-16)29-14-22(28)26-18-8-4-7-17(13-18)25-21(27)11-15-5-2-1-3-6-15/h1-10,12-13H,11,14H2,(H,25,27)(H,26,28). The molecule has 2 amide bonds. The summed E-state index contributed by atoms with van der Waals surface area (Å²) in [5, 5.41) is 5.98. The van der Waals surface area contributed by atoms with E-state index in [2.05, 4.69) is 26.6 Å². The molecule has 3 aromatic rings. The van der Waals surface area contributed by atoms with Gasteiger partial charge < -0.3 is 15.4 Å². The lowest BCUT2D eigenvalue weighted by Crippen LogP contribution is -2.20. The van der Waals surface area contributed by atoms with Gasteiger partial charge in [-0.15, -0.1) is 0 Å². The number of nitrogens with one attached hydrogen (secondary N) is 2. The number of hydrogen-bond acceptors (Lipinski definition) is 3. The Morgan fingerprint density at radius 2 is 1.55 bits per heavy atom. The molecule has 0 aliphatic carbocycles. The van der Waals surface area contributed by atoms with Crippen LogP contribution in [0.1, 0.15) is 5.56 Å². The van der Waals surface area contributed by atoms with E-state index < -0.39 is 0 Å². The van der Waals surface area contributed by atoms with Crippen molar-refractivity contribution >= 4 is 50.7 Å². The van der Waals surface area contributed by atoms with Crippen LogP contribution in [0.2, 0.25) is 5.02 Å².